The van der Waals surface area contributed by atoms with Gasteiger partial charge >= 0.3 is 0 Å². The predicted octanol–water partition coefficient (Wildman–Crippen LogP) is 2.50. The molecule has 0 aliphatic carbocycles. The van der Waals surface area contributed by atoms with Gasteiger partial charge in [0, 0.05) is 19.2 Å². The molecule has 3 heterocycles. The van der Waals surface area contributed by atoms with Gasteiger partial charge in [-0.15, -0.1) is 0 Å². The van der Waals surface area contributed by atoms with Crippen LogP contribution in [0.3, 0.4) is 0 Å². The fraction of sp³-hybridized carbons (Fsp3) is 0.217. The van der Waals surface area contributed by atoms with E-state index in [4.69, 9.17) is 4.52 Å². The third-order valence-corrected chi connectivity index (χ3v) is 5.51. The Labute approximate surface area is 193 Å². The summed E-state index contributed by atoms with van der Waals surface area (Å²) >= 11 is 0. The maximum absolute atomic E-state index is 12.8. The minimum Gasteiger partial charge on any atom is -0.501 e. The van der Waals surface area contributed by atoms with Crippen LogP contribution in [0.15, 0.2) is 58.3 Å². The number of aromatic nitrogens is 5. The number of anilines is 1. The van der Waals surface area contributed by atoms with Gasteiger partial charge in [0.2, 0.25) is 5.75 Å². The highest BCUT2D eigenvalue weighted by molar-refractivity contribution is 6.04. The summed E-state index contributed by atoms with van der Waals surface area (Å²) in [6.45, 7) is 3.66. The van der Waals surface area contributed by atoms with Gasteiger partial charge in [-0.25, -0.2) is 4.98 Å². The Morgan fingerprint density at radius 3 is 2.71 bits per heavy atom. The second kappa shape index (κ2) is 9.03. The van der Waals surface area contributed by atoms with Crippen molar-refractivity contribution < 1.29 is 14.4 Å². The molecule has 0 saturated heterocycles. The van der Waals surface area contributed by atoms with Crippen molar-refractivity contribution in [2.75, 3.05) is 5.32 Å². The number of nitrogens with one attached hydrogen (secondary N) is 1. The number of nitriles is 1. The lowest BCUT2D eigenvalue weighted by Crippen LogP contribution is -2.31. The predicted molar refractivity (Wildman–Crippen MR) is 120 cm³/mol. The molecule has 0 aliphatic heterocycles. The number of aromatic hydroxyl groups is 1. The van der Waals surface area contributed by atoms with E-state index in [1.165, 1.54) is 24.1 Å². The Balaban J connectivity index is 1.85. The van der Waals surface area contributed by atoms with Gasteiger partial charge < -0.3 is 14.9 Å². The van der Waals surface area contributed by atoms with Crippen molar-refractivity contribution in [1.82, 2.24) is 24.5 Å². The van der Waals surface area contributed by atoms with E-state index in [9.17, 15) is 20.0 Å². The van der Waals surface area contributed by atoms with Crippen LogP contribution < -0.4 is 10.9 Å². The van der Waals surface area contributed by atoms with Crippen molar-refractivity contribution in [2.24, 2.45) is 7.05 Å². The van der Waals surface area contributed by atoms with Crippen molar-refractivity contribution in [3.63, 3.8) is 0 Å². The standard InChI is InChI=1S/C23H21N7O4/c1-13-8-9-30(28-13)19(17-7-5-4-6-15(17)10-24)14(2)21-27-18(20(31)23(33)29(21)3)22(32)26-16-11-25-34-12-16/h4-9,11-12,14,19,31H,1-3H3,(H,26,32)/t14-,19-/m1/s1. The number of nitrogens with zero attached hydrogens (tertiary/aromatic N) is 6. The van der Waals surface area contributed by atoms with E-state index in [1.807, 2.05) is 32.0 Å². The fourth-order valence-corrected chi connectivity index (χ4v) is 3.86. The molecule has 2 N–H and O–H groups in total. The zero-order valence-corrected chi connectivity index (χ0v) is 18.6. The first-order chi connectivity index (χ1) is 16.3. The minimum absolute atomic E-state index is 0.226. The minimum atomic E-state index is -0.796. The summed E-state index contributed by atoms with van der Waals surface area (Å²) in [5.41, 5.74) is 0.925. The van der Waals surface area contributed by atoms with Gasteiger partial charge in [-0.05, 0) is 24.6 Å². The first-order valence-corrected chi connectivity index (χ1v) is 10.3. The molecule has 172 valence electrons. The van der Waals surface area contributed by atoms with Gasteiger partial charge in [0.05, 0.1) is 29.6 Å². The van der Waals surface area contributed by atoms with Gasteiger partial charge in [-0.1, -0.05) is 30.3 Å². The van der Waals surface area contributed by atoms with E-state index in [2.05, 4.69) is 26.6 Å². The monoisotopic (exact) mass is 459 g/mol. The maximum Gasteiger partial charge on any atom is 0.296 e. The van der Waals surface area contributed by atoms with Crippen molar-refractivity contribution in [3.05, 3.63) is 87.7 Å². The van der Waals surface area contributed by atoms with Gasteiger partial charge in [-0.3, -0.25) is 18.8 Å². The molecule has 34 heavy (non-hydrogen) atoms. The molecule has 0 saturated carbocycles. The molecular formula is C23H21N7O4. The van der Waals surface area contributed by atoms with E-state index < -0.39 is 34.9 Å². The van der Waals surface area contributed by atoms with Crippen LogP contribution in [0.1, 0.15) is 52.0 Å². The molecule has 0 spiro atoms. The Bertz CT molecular complexity index is 1450. The van der Waals surface area contributed by atoms with Crippen molar-refractivity contribution in [2.45, 2.75) is 25.8 Å². The molecule has 0 bridgehead atoms. The molecule has 11 heteroatoms. The fourth-order valence-electron chi connectivity index (χ4n) is 3.86. The molecule has 3 aromatic heterocycles. The number of aryl methyl sites for hydroxylation is 1. The largest absolute Gasteiger partial charge is 0.501 e. The quantitative estimate of drug-likeness (QED) is 0.446. The lowest BCUT2D eigenvalue weighted by Gasteiger charge is -2.27. The summed E-state index contributed by atoms with van der Waals surface area (Å²) in [6, 6.07) is 10.6. The van der Waals surface area contributed by atoms with Gasteiger partial charge in [0.25, 0.3) is 11.5 Å². The van der Waals surface area contributed by atoms with E-state index in [0.717, 1.165) is 5.69 Å². The Morgan fingerprint density at radius 2 is 2.06 bits per heavy atom. The molecular weight excluding hydrogens is 438 g/mol. The SMILES string of the molecule is Cc1ccn([C@@H](c2ccccc2C#N)[C@@H](C)c2nc(C(=O)Nc3cnoc3)c(O)c(=O)n2C)n1. The van der Waals surface area contributed by atoms with Gasteiger partial charge in [0.15, 0.2) is 5.69 Å². The van der Waals surface area contributed by atoms with Crippen molar-refractivity contribution in [1.29, 1.82) is 5.26 Å². The molecule has 0 radical (unpaired) electrons. The average molecular weight is 459 g/mol. The normalized spacial score (nSPS) is 12.6. The van der Waals surface area contributed by atoms with Crippen LogP contribution in [-0.2, 0) is 7.05 Å². The van der Waals surface area contributed by atoms with Crippen molar-refractivity contribution >= 4 is 11.6 Å². The van der Waals surface area contributed by atoms with Crippen molar-refractivity contribution in [3.8, 4) is 11.8 Å². The zero-order chi connectivity index (χ0) is 24.4. The highest BCUT2D eigenvalue weighted by atomic mass is 16.5. The first kappa shape index (κ1) is 22.5. The second-order valence-electron chi connectivity index (χ2n) is 7.77. The molecule has 4 aromatic rings. The summed E-state index contributed by atoms with van der Waals surface area (Å²) in [5.74, 6) is -1.88. The van der Waals surface area contributed by atoms with E-state index in [1.54, 1.807) is 23.0 Å². The topological polar surface area (TPSA) is 152 Å². The Morgan fingerprint density at radius 1 is 1.29 bits per heavy atom. The van der Waals surface area contributed by atoms with Crippen LogP contribution in [0.2, 0.25) is 0 Å². The van der Waals surface area contributed by atoms with Crippen LogP contribution in [0.5, 0.6) is 5.75 Å². The van der Waals surface area contributed by atoms with Crippen LogP contribution in [0.25, 0.3) is 0 Å². The molecule has 1 aromatic carbocycles. The van der Waals surface area contributed by atoms with E-state index in [-0.39, 0.29) is 11.5 Å². The molecule has 4 rings (SSSR count). The summed E-state index contributed by atoms with van der Waals surface area (Å²) in [7, 11) is 1.46. The molecule has 0 aliphatic rings. The maximum atomic E-state index is 12.8. The number of rotatable bonds is 6. The van der Waals surface area contributed by atoms with Crippen LogP contribution >= 0.6 is 0 Å². The summed E-state index contributed by atoms with van der Waals surface area (Å²) in [5, 5.41) is 30.6. The number of hydrogen-bond donors (Lipinski definition) is 2. The highest BCUT2D eigenvalue weighted by Crippen LogP contribution is 2.35. The van der Waals surface area contributed by atoms with Crippen LogP contribution in [0, 0.1) is 18.3 Å². The zero-order valence-electron chi connectivity index (χ0n) is 18.6. The van der Waals surface area contributed by atoms with Crippen LogP contribution in [0.4, 0.5) is 5.69 Å². The average Bonchev–Trinajstić information content (AvgIpc) is 3.50. The Kier molecular flexibility index (Phi) is 5.97. The van der Waals surface area contributed by atoms with Gasteiger partial charge in [-0.2, -0.15) is 10.4 Å². The van der Waals surface area contributed by atoms with Crippen LogP contribution in [-0.4, -0.2) is 35.5 Å². The number of amides is 1. The smallest absolute Gasteiger partial charge is 0.296 e. The molecule has 0 fully saturated rings. The summed E-state index contributed by atoms with van der Waals surface area (Å²) in [6.07, 6.45) is 4.26. The summed E-state index contributed by atoms with van der Waals surface area (Å²) < 4.78 is 7.58. The first-order valence-electron chi connectivity index (χ1n) is 10.3. The Hall–Kier alpha value is -4.72. The van der Waals surface area contributed by atoms with E-state index in [0.29, 0.717) is 11.1 Å². The highest BCUT2D eigenvalue weighted by Gasteiger charge is 2.31. The van der Waals surface area contributed by atoms with Gasteiger partial charge in [0.1, 0.15) is 17.8 Å². The number of hydrogen-bond acceptors (Lipinski definition) is 8. The second-order valence-corrected chi connectivity index (χ2v) is 7.77. The number of carbonyl (C=O) groups is 1. The lowest BCUT2D eigenvalue weighted by atomic mass is 9.90. The van der Waals surface area contributed by atoms with E-state index >= 15 is 0 Å². The molecule has 1 amide bonds. The lowest BCUT2D eigenvalue weighted by molar-refractivity contribution is 0.101. The molecule has 11 nitrogen and oxygen atoms in total. The third-order valence-electron chi connectivity index (χ3n) is 5.51. The number of benzene rings is 1. The third kappa shape index (κ3) is 4.04. The summed E-state index contributed by atoms with van der Waals surface area (Å²) in [4.78, 5) is 30.0. The molecule has 0 unspecified atom stereocenters. The molecule has 2 atom stereocenters. The number of carbonyl (C=O) groups excluding carboxylic acids is 1.